The van der Waals surface area contributed by atoms with Gasteiger partial charge in [0.25, 0.3) is 5.91 Å². The van der Waals surface area contributed by atoms with Crippen LogP contribution in [0, 0.1) is 17.6 Å². The maximum absolute atomic E-state index is 13.4. The van der Waals surface area contributed by atoms with E-state index in [0.717, 1.165) is 32.0 Å². The van der Waals surface area contributed by atoms with Gasteiger partial charge in [-0.15, -0.1) is 0 Å². The molecule has 1 amide bonds. The van der Waals surface area contributed by atoms with E-state index < -0.39 is 11.6 Å². The van der Waals surface area contributed by atoms with Crippen molar-refractivity contribution in [3.05, 3.63) is 47.7 Å². The fraction of sp³-hybridized carbons (Fsp3) is 0.421. The van der Waals surface area contributed by atoms with Crippen LogP contribution >= 0.6 is 0 Å². The van der Waals surface area contributed by atoms with Gasteiger partial charge in [0.15, 0.2) is 0 Å². The van der Waals surface area contributed by atoms with Crippen LogP contribution < -0.4 is 5.32 Å². The summed E-state index contributed by atoms with van der Waals surface area (Å²) in [6.07, 6.45) is 2.24. The second kappa shape index (κ2) is 6.26. The Balaban J connectivity index is 1.51. The second-order valence-electron chi connectivity index (χ2n) is 7.06. The number of benzene rings is 1. The summed E-state index contributed by atoms with van der Waals surface area (Å²) in [7, 11) is 0. The molecule has 2 bridgehead atoms. The average Bonchev–Trinajstić information content (AvgIpc) is 3.08. The largest absolute Gasteiger partial charge is 0.351 e. The lowest BCUT2D eigenvalue weighted by Gasteiger charge is -2.49. The van der Waals surface area contributed by atoms with Crippen molar-refractivity contribution in [2.75, 3.05) is 13.1 Å². The summed E-state index contributed by atoms with van der Waals surface area (Å²) < 4.78 is 26.8. The van der Waals surface area contributed by atoms with E-state index in [1.165, 1.54) is 12.1 Å². The number of hydrogen-bond acceptors (Lipinski definition) is 2. The van der Waals surface area contributed by atoms with Crippen LogP contribution in [0.2, 0.25) is 0 Å². The summed E-state index contributed by atoms with van der Waals surface area (Å²) >= 11 is 0. The number of aromatic amines is 1. The van der Waals surface area contributed by atoms with E-state index in [1.54, 1.807) is 12.1 Å². The number of hydrogen-bond donors (Lipinski definition) is 2. The highest BCUT2D eigenvalue weighted by Gasteiger charge is 2.40. The molecule has 5 rings (SSSR count). The fourth-order valence-electron chi connectivity index (χ4n) is 4.18. The first-order valence-corrected chi connectivity index (χ1v) is 8.71. The number of amides is 1. The molecule has 2 N–H and O–H groups in total. The van der Waals surface area contributed by atoms with Gasteiger partial charge >= 0.3 is 0 Å². The van der Waals surface area contributed by atoms with Crippen LogP contribution in [0.15, 0.2) is 30.3 Å². The van der Waals surface area contributed by atoms with Gasteiger partial charge in [-0.1, -0.05) is 0 Å². The zero-order chi connectivity index (χ0) is 17.6. The minimum absolute atomic E-state index is 0.147. The van der Waals surface area contributed by atoms with Crippen LogP contribution in [0.4, 0.5) is 8.78 Å². The van der Waals surface area contributed by atoms with Crippen molar-refractivity contribution >= 4 is 5.91 Å². The zero-order valence-electron chi connectivity index (χ0n) is 14.1. The van der Waals surface area contributed by atoms with Crippen molar-refractivity contribution in [1.29, 1.82) is 0 Å². The van der Waals surface area contributed by atoms with Crippen molar-refractivity contribution < 1.29 is 13.6 Å². The fourth-order valence-corrected chi connectivity index (χ4v) is 4.18. The van der Waals surface area contributed by atoms with Crippen molar-refractivity contribution in [3.63, 3.8) is 0 Å². The molecule has 6 heteroatoms. The van der Waals surface area contributed by atoms with E-state index in [4.69, 9.17) is 0 Å². The molecule has 2 atom stereocenters. The monoisotopic (exact) mass is 345 g/mol. The molecule has 25 heavy (non-hydrogen) atoms. The first-order chi connectivity index (χ1) is 12.0. The molecule has 0 saturated carbocycles. The highest BCUT2D eigenvalue weighted by atomic mass is 19.1. The molecular weight excluding hydrogens is 324 g/mol. The van der Waals surface area contributed by atoms with Crippen LogP contribution in [-0.4, -0.2) is 41.0 Å². The molecule has 3 aliphatic rings. The minimum Gasteiger partial charge on any atom is -0.351 e. The Hall–Kier alpha value is -2.21. The third-order valence-corrected chi connectivity index (χ3v) is 5.58. The number of nitrogens with one attached hydrogen (secondary N) is 2. The summed E-state index contributed by atoms with van der Waals surface area (Å²) in [5, 5.41) is 3.14. The number of carbonyl (C=O) groups excluding carboxylic acids is 1. The lowest BCUT2D eigenvalue weighted by molar-refractivity contribution is 0.0216. The van der Waals surface area contributed by atoms with Gasteiger partial charge in [0, 0.05) is 29.4 Å². The highest BCUT2D eigenvalue weighted by Crippen LogP contribution is 2.32. The second-order valence-corrected chi connectivity index (χ2v) is 7.06. The first-order valence-electron chi connectivity index (χ1n) is 8.71. The molecule has 1 aromatic carbocycles. The highest BCUT2D eigenvalue weighted by molar-refractivity contribution is 5.93. The first kappa shape index (κ1) is 16.3. The Morgan fingerprint density at radius 2 is 1.84 bits per heavy atom. The predicted molar refractivity (Wildman–Crippen MR) is 91.2 cm³/mol. The molecule has 0 unspecified atom stereocenters. The third-order valence-electron chi connectivity index (χ3n) is 5.58. The standard InChI is InChI=1S/C19H21F2N3O/c1-11-18(12-4-6-24(11)7-5-12)23-19(25)17-3-2-16(22-17)13-8-14(20)10-15(21)9-13/h2-3,8-12,18,22H,4-7H2,1H3,(H,23,25)/t11-,18+/m1/s1. The molecule has 3 aliphatic heterocycles. The van der Waals surface area contributed by atoms with Gasteiger partial charge in [-0.3, -0.25) is 9.69 Å². The van der Waals surface area contributed by atoms with Crippen LogP contribution in [0.1, 0.15) is 30.3 Å². The molecular formula is C19H21F2N3O. The van der Waals surface area contributed by atoms with Crippen molar-refractivity contribution in [1.82, 2.24) is 15.2 Å². The number of H-pyrrole nitrogens is 1. The third kappa shape index (κ3) is 3.06. The predicted octanol–water partition coefficient (Wildman–Crippen LogP) is 3.17. The minimum atomic E-state index is -0.642. The van der Waals surface area contributed by atoms with Gasteiger partial charge in [-0.25, -0.2) is 8.78 Å². The number of rotatable bonds is 3. The summed E-state index contributed by atoms with van der Waals surface area (Å²) in [6.45, 7) is 4.37. The van der Waals surface area contributed by atoms with Crippen LogP contribution in [0.25, 0.3) is 11.3 Å². The Morgan fingerprint density at radius 1 is 1.16 bits per heavy atom. The molecule has 3 fully saturated rings. The lowest BCUT2D eigenvalue weighted by atomic mass is 9.79. The molecule has 2 aromatic rings. The smallest absolute Gasteiger partial charge is 0.267 e. The Bertz CT molecular complexity index is 773. The molecule has 3 saturated heterocycles. The number of nitrogens with zero attached hydrogens (tertiary/aromatic N) is 1. The number of piperidine rings is 3. The van der Waals surface area contributed by atoms with E-state index in [0.29, 0.717) is 28.9 Å². The molecule has 4 heterocycles. The van der Waals surface area contributed by atoms with Gasteiger partial charge in [0.05, 0.1) is 0 Å². The molecule has 0 radical (unpaired) electrons. The Morgan fingerprint density at radius 3 is 2.48 bits per heavy atom. The van der Waals surface area contributed by atoms with E-state index in [2.05, 4.69) is 22.1 Å². The topological polar surface area (TPSA) is 48.1 Å². The van der Waals surface area contributed by atoms with E-state index >= 15 is 0 Å². The summed E-state index contributed by atoms with van der Waals surface area (Å²) in [5.74, 6) is -0.933. The molecule has 0 spiro atoms. The van der Waals surface area contributed by atoms with Crippen LogP contribution in [0.3, 0.4) is 0 Å². The SMILES string of the molecule is C[C@@H]1[C@H](NC(=O)c2ccc(-c3cc(F)cc(F)c3)[nH]2)C2CCN1CC2. The van der Waals surface area contributed by atoms with Gasteiger partial charge in [-0.2, -0.15) is 0 Å². The van der Waals surface area contributed by atoms with Crippen LogP contribution in [0.5, 0.6) is 0 Å². The van der Waals surface area contributed by atoms with Crippen molar-refractivity contribution in [2.24, 2.45) is 5.92 Å². The Kier molecular flexibility index (Phi) is 4.07. The quantitative estimate of drug-likeness (QED) is 0.898. The van der Waals surface area contributed by atoms with Gasteiger partial charge < -0.3 is 10.3 Å². The lowest BCUT2D eigenvalue weighted by Crippen LogP contribution is -2.62. The maximum Gasteiger partial charge on any atom is 0.267 e. The number of aromatic nitrogens is 1. The molecule has 4 nitrogen and oxygen atoms in total. The molecule has 1 aromatic heterocycles. The maximum atomic E-state index is 13.4. The van der Waals surface area contributed by atoms with E-state index in [1.807, 2.05) is 0 Å². The number of fused-ring (bicyclic) bond motifs is 3. The van der Waals surface area contributed by atoms with Crippen molar-refractivity contribution in [2.45, 2.75) is 31.8 Å². The van der Waals surface area contributed by atoms with Gasteiger partial charge in [0.1, 0.15) is 17.3 Å². The van der Waals surface area contributed by atoms with E-state index in [-0.39, 0.29) is 11.9 Å². The zero-order valence-corrected chi connectivity index (χ0v) is 14.1. The van der Waals surface area contributed by atoms with E-state index in [9.17, 15) is 13.6 Å². The normalized spacial score (nSPS) is 28.1. The van der Waals surface area contributed by atoms with Gasteiger partial charge in [0.2, 0.25) is 0 Å². The number of halogens is 2. The van der Waals surface area contributed by atoms with Crippen LogP contribution in [-0.2, 0) is 0 Å². The molecule has 132 valence electrons. The molecule has 0 aliphatic carbocycles. The van der Waals surface area contributed by atoms with Gasteiger partial charge in [-0.05, 0) is 63.0 Å². The summed E-state index contributed by atoms with van der Waals surface area (Å²) in [4.78, 5) is 18.0. The number of carbonyl (C=O) groups is 1. The average molecular weight is 345 g/mol. The summed E-state index contributed by atoms with van der Waals surface area (Å²) in [5.41, 5.74) is 1.31. The summed E-state index contributed by atoms with van der Waals surface area (Å²) in [6, 6.07) is 7.12. The van der Waals surface area contributed by atoms with Crippen molar-refractivity contribution in [3.8, 4) is 11.3 Å². The Labute approximate surface area is 145 Å².